The molecule has 1 aromatic carbocycles. The maximum absolute atomic E-state index is 5.76. The van der Waals surface area contributed by atoms with Gasteiger partial charge in [-0.3, -0.25) is 9.89 Å². The van der Waals surface area contributed by atoms with Crippen molar-refractivity contribution < 1.29 is 9.47 Å². The SMILES string of the molecule is CCNC(=NCC(c1cccs1)N1CCOCC1)NCCOCc1ccccc1.I. The van der Waals surface area contributed by atoms with E-state index < -0.39 is 0 Å². The van der Waals surface area contributed by atoms with Crippen LogP contribution in [0, 0.1) is 0 Å². The van der Waals surface area contributed by atoms with E-state index in [1.807, 2.05) is 18.2 Å². The summed E-state index contributed by atoms with van der Waals surface area (Å²) in [5.41, 5.74) is 1.19. The maximum atomic E-state index is 5.76. The zero-order valence-electron chi connectivity index (χ0n) is 17.6. The van der Waals surface area contributed by atoms with Gasteiger partial charge in [-0.25, -0.2) is 0 Å². The fourth-order valence-electron chi connectivity index (χ4n) is 3.28. The molecule has 1 aliphatic heterocycles. The van der Waals surface area contributed by atoms with E-state index in [1.54, 1.807) is 11.3 Å². The minimum Gasteiger partial charge on any atom is -0.379 e. The fraction of sp³-hybridized carbons (Fsp3) is 0.500. The summed E-state index contributed by atoms with van der Waals surface area (Å²) >= 11 is 1.80. The molecule has 2 aromatic rings. The first-order valence-corrected chi connectivity index (χ1v) is 11.2. The average Bonchev–Trinajstić information content (AvgIpc) is 3.29. The highest BCUT2D eigenvalue weighted by atomic mass is 127. The van der Waals surface area contributed by atoms with Crippen LogP contribution in [0.3, 0.4) is 0 Å². The van der Waals surface area contributed by atoms with Crippen molar-refractivity contribution >= 4 is 41.3 Å². The molecule has 30 heavy (non-hydrogen) atoms. The van der Waals surface area contributed by atoms with Gasteiger partial charge < -0.3 is 20.1 Å². The van der Waals surface area contributed by atoms with Crippen molar-refractivity contribution in [1.82, 2.24) is 15.5 Å². The minimum absolute atomic E-state index is 0. The van der Waals surface area contributed by atoms with Crippen molar-refractivity contribution in [2.24, 2.45) is 4.99 Å². The largest absolute Gasteiger partial charge is 0.379 e. The Morgan fingerprint density at radius 1 is 1.17 bits per heavy atom. The molecule has 8 heteroatoms. The van der Waals surface area contributed by atoms with Gasteiger partial charge in [0.15, 0.2) is 5.96 Å². The van der Waals surface area contributed by atoms with E-state index in [0.29, 0.717) is 19.3 Å². The highest BCUT2D eigenvalue weighted by molar-refractivity contribution is 14.0. The van der Waals surface area contributed by atoms with Crippen LogP contribution < -0.4 is 10.6 Å². The number of aliphatic imine (C=N–C) groups is 1. The van der Waals surface area contributed by atoms with Gasteiger partial charge in [-0.2, -0.15) is 0 Å². The molecule has 1 aromatic heterocycles. The van der Waals surface area contributed by atoms with Gasteiger partial charge in [-0.1, -0.05) is 36.4 Å². The van der Waals surface area contributed by atoms with Crippen LogP contribution in [0.25, 0.3) is 0 Å². The van der Waals surface area contributed by atoms with Crippen LogP contribution in [0.15, 0.2) is 52.8 Å². The number of nitrogens with one attached hydrogen (secondary N) is 2. The Kier molecular flexibility index (Phi) is 12.3. The molecule has 1 atom stereocenters. The molecule has 3 rings (SSSR count). The van der Waals surface area contributed by atoms with Crippen molar-refractivity contribution in [2.75, 3.05) is 52.5 Å². The van der Waals surface area contributed by atoms with Gasteiger partial charge >= 0.3 is 0 Å². The van der Waals surface area contributed by atoms with E-state index in [4.69, 9.17) is 14.5 Å². The third-order valence-corrected chi connectivity index (χ3v) is 5.75. The zero-order valence-corrected chi connectivity index (χ0v) is 20.7. The van der Waals surface area contributed by atoms with Gasteiger partial charge in [0.1, 0.15) is 0 Å². The van der Waals surface area contributed by atoms with Gasteiger partial charge in [0.2, 0.25) is 0 Å². The zero-order chi connectivity index (χ0) is 20.2. The first kappa shape index (κ1) is 25.1. The number of morpholine rings is 1. The Morgan fingerprint density at radius 2 is 1.97 bits per heavy atom. The van der Waals surface area contributed by atoms with Crippen molar-refractivity contribution in [2.45, 2.75) is 19.6 Å². The van der Waals surface area contributed by atoms with Gasteiger partial charge in [0.25, 0.3) is 0 Å². The molecule has 0 amide bonds. The summed E-state index contributed by atoms with van der Waals surface area (Å²) in [6, 6.07) is 14.9. The topological polar surface area (TPSA) is 58.1 Å². The van der Waals surface area contributed by atoms with Gasteiger partial charge in [0, 0.05) is 31.1 Å². The summed E-state index contributed by atoms with van der Waals surface area (Å²) in [5.74, 6) is 0.839. The molecule has 1 aliphatic rings. The monoisotopic (exact) mass is 544 g/mol. The molecule has 2 N–H and O–H groups in total. The quantitative estimate of drug-likeness (QED) is 0.208. The highest BCUT2D eigenvalue weighted by Gasteiger charge is 2.23. The van der Waals surface area contributed by atoms with Crippen molar-refractivity contribution in [3.8, 4) is 0 Å². The number of hydrogen-bond donors (Lipinski definition) is 2. The molecule has 0 radical (unpaired) electrons. The first-order chi connectivity index (χ1) is 14.4. The molecule has 1 saturated heterocycles. The second-order valence-corrected chi connectivity index (χ2v) is 7.84. The summed E-state index contributed by atoms with van der Waals surface area (Å²) in [4.78, 5) is 8.70. The van der Waals surface area contributed by atoms with Crippen molar-refractivity contribution in [1.29, 1.82) is 0 Å². The third-order valence-electron chi connectivity index (χ3n) is 4.78. The number of ether oxygens (including phenoxy) is 2. The van der Waals surface area contributed by atoms with Crippen LogP contribution in [0.4, 0.5) is 0 Å². The maximum Gasteiger partial charge on any atom is 0.191 e. The Morgan fingerprint density at radius 3 is 2.67 bits per heavy atom. The van der Waals surface area contributed by atoms with E-state index in [2.05, 4.69) is 52.1 Å². The molecule has 0 bridgehead atoms. The van der Waals surface area contributed by atoms with Gasteiger partial charge in [-0.15, -0.1) is 35.3 Å². The number of hydrogen-bond acceptors (Lipinski definition) is 5. The second kappa shape index (κ2) is 14.7. The smallest absolute Gasteiger partial charge is 0.191 e. The van der Waals surface area contributed by atoms with Crippen LogP contribution in [0.5, 0.6) is 0 Å². The fourth-order valence-corrected chi connectivity index (χ4v) is 4.13. The normalized spacial score (nSPS) is 16.0. The van der Waals surface area contributed by atoms with E-state index >= 15 is 0 Å². The van der Waals surface area contributed by atoms with Crippen LogP contribution in [-0.2, 0) is 16.1 Å². The number of benzene rings is 1. The van der Waals surface area contributed by atoms with Crippen molar-refractivity contribution in [3.05, 3.63) is 58.3 Å². The van der Waals surface area contributed by atoms with E-state index in [0.717, 1.165) is 51.9 Å². The molecule has 6 nitrogen and oxygen atoms in total. The number of guanidine groups is 1. The lowest BCUT2D eigenvalue weighted by atomic mass is 10.2. The summed E-state index contributed by atoms with van der Waals surface area (Å²) < 4.78 is 11.3. The lowest BCUT2D eigenvalue weighted by Crippen LogP contribution is -2.42. The Balaban J connectivity index is 0.00000320. The van der Waals surface area contributed by atoms with E-state index in [-0.39, 0.29) is 24.0 Å². The Bertz CT molecular complexity index is 709. The number of rotatable bonds is 10. The predicted molar refractivity (Wildman–Crippen MR) is 135 cm³/mol. The lowest BCUT2D eigenvalue weighted by molar-refractivity contribution is 0.0186. The van der Waals surface area contributed by atoms with Crippen LogP contribution in [0.1, 0.15) is 23.4 Å². The summed E-state index contributed by atoms with van der Waals surface area (Å²) in [6.07, 6.45) is 0. The second-order valence-electron chi connectivity index (χ2n) is 6.86. The van der Waals surface area contributed by atoms with Crippen LogP contribution in [0.2, 0.25) is 0 Å². The van der Waals surface area contributed by atoms with E-state index in [1.165, 1.54) is 10.4 Å². The van der Waals surface area contributed by atoms with Gasteiger partial charge in [-0.05, 0) is 23.9 Å². The molecule has 1 unspecified atom stereocenters. The van der Waals surface area contributed by atoms with Crippen LogP contribution >= 0.6 is 35.3 Å². The molecule has 0 aliphatic carbocycles. The summed E-state index contributed by atoms with van der Waals surface area (Å²) in [6.45, 7) is 9.13. The molecule has 166 valence electrons. The first-order valence-electron chi connectivity index (χ1n) is 10.4. The Labute approximate surface area is 201 Å². The molecule has 0 saturated carbocycles. The molecular weight excluding hydrogens is 511 g/mol. The number of thiophene rings is 1. The van der Waals surface area contributed by atoms with Crippen LogP contribution in [-0.4, -0.2) is 63.4 Å². The minimum atomic E-state index is 0. The molecule has 1 fully saturated rings. The highest BCUT2D eigenvalue weighted by Crippen LogP contribution is 2.26. The number of nitrogens with zero attached hydrogens (tertiary/aromatic N) is 2. The molecule has 0 spiro atoms. The lowest BCUT2D eigenvalue weighted by Gasteiger charge is -2.33. The van der Waals surface area contributed by atoms with E-state index in [9.17, 15) is 0 Å². The van der Waals surface area contributed by atoms with Crippen molar-refractivity contribution in [3.63, 3.8) is 0 Å². The number of halogens is 1. The van der Waals surface area contributed by atoms with Gasteiger partial charge in [0.05, 0.1) is 39.0 Å². The average molecular weight is 545 g/mol. The third kappa shape index (κ3) is 8.50. The summed E-state index contributed by atoms with van der Waals surface area (Å²) in [7, 11) is 0. The molecular formula is C22H33IN4O2S. The Hall–Kier alpha value is -1.20. The predicted octanol–water partition coefficient (Wildman–Crippen LogP) is 3.51. The summed E-state index contributed by atoms with van der Waals surface area (Å²) in [5, 5.41) is 8.86. The molecule has 2 heterocycles. The standard InChI is InChI=1S/C22H32N4O2S.HI/c1-2-23-22(24-10-13-28-18-19-7-4-3-5-8-19)25-17-20(21-9-6-16-29-21)26-11-14-27-15-12-26;/h3-9,16,20H,2,10-15,17-18H2,1H3,(H2,23,24,25);1H.